The minimum atomic E-state index is 0.177. The quantitative estimate of drug-likeness (QED) is 0.748. The van der Waals surface area contributed by atoms with Crippen LogP contribution in [0, 0.1) is 6.92 Å². The van der Waals surface area contributed by atoms with E-state index in [1.54, 1.807) is 0 Å². The van der Waals surface area contributed by atoms with Crippen molar-refractivity contribution in [1.82, 2.24) is 0 Å². The number of halogens is 1. The van der Waals surface area contributed by atoms with Crippen LogP contribution in [0.2, 0.25) is 0 Å². The number of hydrogen-bond donors (Lipinski definition) is 2. The van der Waals surface area contributed by atoms with Crippen molar-refractivity contribution in [1.29, 1.82) is 0 Å². The van der Waals surface area contributed by atoms with Gasteiger partial charge >= 0.3 is 0 Å². The zero-order chi connectivity index (χ0) is 10.1. The fraction of sp³-hybridized carbons (Fsp3) is 0.455. The molecule has 0 saturated heterocycles. The van der Waals surface area contributed by atoms with Crippen LogP contribution in [0.3, 0.4) is 0 Å². The van der Waals surface area contributed by atoms with E-state index in [1.165, 1.54) is 16.8 Å². The summed E-state index contributed by atoms with van der Waals surface area (Å²) < 4.78 is 1.12. The van der Waals surface area contributed by atoms with Gasteiger partial charge in [-0.15, -0.1) is 0 Å². The van der Waals surface area contributed by atoms with Crippen LogP contribution in [0.15, 0.2) is 16.6 Å². The molecule has 2 rings (SSSR count). The summed E-state index contributed by atoms with van der Waals surface area (Å²) in [5.74, 6) is 0. The third-order valence-corrected chi connectivity index (χ3v) is 3.18. The minimum absolute atomic E-state index is 0.177. The predicted molar refractivity (Wildman–Crippen MR) is 63.5 cm³/mol. The molecular weight excluding hydrogens is 240 g/mol. The maximum atomic E-state index is 6.12. The third kappa shape index (κ3) is 1.79. The first kappa shape index (κ1) is 9.99. The van der Waals surface area contributed by atoms with E-state index in [-0.39, 0.29) is 6.04 Å². The molecule has 14 heavy (non-hydrogen) atoms. The molecule has 0 aliphatic carbocycles. The molecule has 2 nitrogen and oxygen atoms in total. The van der Waals surface area contributed by atoms with Gasteiger partial charge in [0.15, 0.2) is 0 Å². The van der Waals surface area contributed by atoms with Gasteiger partial charge in [0.05, 0.1) is 0 Å². The van der Waals surface area contributed by atoms with Crippen molar-refractivity contribution in [2.45, 2.75) is 25.8 Å². The second-order valence-corrected chi connectivity index (χ2v) is 4.78. The Bertz CT molecular complexity index is 349. The molecule has 1 aliphatic heterocycles. The SMILES string of the molecule is Cc1cc(Br)cc2c1NCCCC2N. The number of benzene rings is 1. The molecule has 0 spiro atoms. The smallest absolute Gasteiger partial charge is 0.0419 e. The van der Waals surface area contributed by atoms with Crippen LogP contribution >= 0.6 is 15.9 Å². The number of aryl methyl sites for hydroxylation is 1. The minimum Gasteiger partial charge on any atom is -0.385 e. The van der Waals surface area contributed by atoms with Crippen molar-refractivity contribution >= 4 is 21.6 Å². The van der Waals surface area contributed by atoms with Crippen LogP contribution in [0.5, 0.6) is 0 Å². The molecule has 1 aliphatic rings. The Labute approximate surface area is 93.0 Å². The van der Waals surface area contributed by atoms with Gasteiger partial charge in [0.1, 0.15) is 0 Å². The van der Waals surface area contributed by atoms with Crippen LogP contribution in [0.1, 0.15) is 30.0 Å². The molecule has 1 aromatic rings. The van der Waals surface area contributed by atoms with E-state index in [0.29, 0.717) is 0 Å². The molecule has 0 fully saturated rings. The Hall–Kier alpha value is -0.540. The number of rotatable bonds is 0. The number of anilines is 1. The zero-order valence-electron chi connectivity index (χ0n) is 8.31. The van der Waals surface area contributed by atoms with Gasteiger partial charge < -0.3 is 11.1 Å². The predicted octanol–water partition coefficient (Wildman–Crippen LogP) is 2.96. The highest BCUT2D eigenvalue weighted by molar-refractivity contribution is 9.10. The van der Waals surface area contributed by atoms with Crippen molar-refractivity contribution < 1.29 is 0 Å². The largest absolute Gasteiger partial charge is 0.385 e. The number of nitrogens with one attached hydrogen (secondary N) is 1. The van der Waals surface area contributed by atoms with Gasteiger partial charge in [-0.3, -0.25) is 0 Å². The summed E-state index contributed by atoms with van der Waals surface area (Å²) in [6.45, 7) is 3.15. The monoisotopic (exact) mass is 254 g/mol. The van der Waals surface area contributed by atoms with Crippen LogP contribution in [0.4, 0.5) is 5.69 Å². The van der Waals surface area contributed by atoms with Crippen LogP contribution in [0.25, 0.3) is 0 Å². The molecular formula is C11H15BrN2. The topological polar surface area (TPSA) is 38.0 Å². The van der Waals surface area contributed by atoms with Gasteiger partial charge in [0.2, 0.25) is 0 Å². The molecule has 0 saturated carbocycles. The lowest BCUT2D eigenvalue weighted by atomic mass is 10.0. The fourth-order valence-electron chi connectivity index (χ4n) is 1.99. The Morgan fingerprint density at radius 1 is 1.50 bits per heavy atom. The summed E-state index contributed by atoms with van der Waals surface area (Å²) in [5, 5.41) is 3.45. The molecule has 0 amide bonds. The average molecular weight is 255 g/mol. The maximum Gasteiger partial charge on any atom is 0.0419 e. The van der Waals surface area contributed by atoms with Crippen molar-refractivity contribution in [3.05, 3.63) is 27.7 Å². The summed E-state index contributed by atoms with van der Waals surface area (Å²) >= 11 is 3.51. The molecule has 3 heteroatoms. The summed E-state index contributed by atoms with van der Waals surface area (Å²) in [6.07, 6.45) is 2.21. The maximum absolute atomic E-state index is 6.12. The van der Waals surface area contributed by atoms with Crippen molar-refractivity contribution in [3.8, 4) is 0 Å². The lowest BCUT2D eigenvalue weighted by molar-refractivity contribution is 0.642. The van der Waals surface area contributed by atoms with Gasteiger partial charge in [-0.25, -0.2) is 0 Å². The van der Waals surface area contributed by atoms with Crippen LogP contribution in [-0.2, 0) is 0 Å². The van der Waals surface area contributed by atoms with Crippen LogP contribution < -0.4 is 11.1 Å². The second kappa shape index (κ2) is 3.91. The van der Waals surface area contributed by atoms with Gasteiger partial charge in [0, 0.05) is 22.7 Å². The van der Waals surface area contributed by atoms with Crippen LogP contribution in [-0.4, -0.2) is 6.54 Å². The van der Waals surface area contributed by atoms with E-state index in [1.807, 2.05) is 0 Å². The van der Waals surface area contributed by atoms with E-state index in [0.717, 1.165) is 23.9 Å². The summed E-state index contributed by atoms with van der Waals surface area (Å²) in [7, 11) is 0. The van der Waals surface area contributed by atoms with Gasteiger partial charge in [-0.05, 0) is 43.0 Å². The normalized spacial score (nSPS) is 20.9. The first-order chi connectivity index (χ1) is 6.68. The van der Waals surface area contributed by atoms with Gasteiger partial charge in [-0.2, -0.15) is 0 Å². The molecule has 0 bridgehead atoms. The Balaban J connectivity index is 2.53. The lowest BCUT2D eigenvalue weighted by Gasteiger charge is -2.15. The molecule has 1 atom stereocenters. The fourth-order valence-corrected chi connectivity index (χ4v) is 2.58. The Morgan fingerprint density at radius 2 is 2.29 bits per heavy atom. The number of hydrogen-bond acceptors (Lipinski definition) is 2. The second-order valence-electron chi connectivity index (χ2n) is 3.86. The Kier molecular flexibility index (Phi) is 2.79. The Morgan fingerprint density at radius 3 is 3.07 bits per heavy atom. The highest BCUT2D eigenvalue weighted by Gasteiger charge is 2.16. The highest BCUT2D eigenvalue weighted by atomic mass is 79.9. The first-order valence-corrected chi connectivity index (χ1v) is 5.77. The molecule has 0 aromatic heterocycles. The number of fused-ring (bicyclic) bond motifs is 1. The molecule has 0 radical (unpaired) electrons. The molecule has 1 aromatic carbocycles. The highest BCUT2D eigenvalue weighted by Crippen LogP contribution is 2.33. The number of nitrogens with two attached hydrogens (primary N) is 1. The lowest BCUT2D eigenvalue weighted by Crippen LogP contribution is -2.10. The van der Waals surface area contributed by atoms with E-state index >= 15 is 0 Å². The molecule has 1 heterocycles. The van der Waals surface area contributed by atoms with E-state index in [4.69, 9.17) is 5.73 Å². The van der Waals surface area contributed by atoms with Gasteiger partial charge in [-0.1, -0.05) is 15.9 Å². The third-order valence-electron chi connectivity index (χ3n) is 2.72. The first-order valence-electron chi connectivity index (χ1n) is 4.98. The molecule has 76 valence electrons. The summed E-state index contributed by atoms with van der Waals surface area (Å²) in [6, 6.07) is 4.44. The average Bonchev–Trinajstić information content (AvgIpc) is 2.29. The summed E-state index contributed by atoms with van der Waals surface area (Å²) in [4.78, 5) is 0. The molecule has 3 N–H and O–H groups in total. The zero-order valence-corrected chi connectivity index (χ0v) is 9.89. The van der Waals surface area contributed by atoms with Crippen molar-refractivity contribution in [3.63, 3.8) is 0 Å². The van der Waals surface area contributed by atoms with Gasteiger partial charge in [0.25, 0.3) is 0 Å². The summed E-state index contributed by atoms with van der Waals surface area (Å²) in [5.41, 5.74) is 9.87. The van der Waals surface area contributed by atoms with Crippen molar-refractivity contribution in [2.24, 2.45) is 5.73 Å². The van der Waals surface area contributed by atoms with E-state index in [2.05, 4.69) is 40.3 Å². The molecule has 1 unspecified atom stereocenters. The standard InChI is InChI=1S/C11H15BrN2/c1-7-5-8(12)6-9-10(13)3-2-4-14-11(7)9/h5-6,10,14H,2-4,13H2,1H3. The van der Waals surface area contributed by atoms with E-state index < -0.39 is 0 Å². The van der Waals surface area contributed by atoms with Crippen molar-refractivity contribution in [2.75, 3.05) is 11.9 Å². The van der Waals surface area contributed by atoms with E-state index in [9.17, 15) is 0 Å².